The Hall–Kier alpha value is -3.67. The van der Waals surface area contributed by atoms with E-state index in [4.69, 9.17) is 5.26 Å². The van der Waals surface area contributed by atoms with Crippen LogP contribution in [0, 0.1) is 17.2 Å². The summed E-state index contributed by atoms with van der Waals surface area (Å²) in [6, 6.07) is 15.5. The largest absolute Gasteiger partial charge is 0.434 e. The third kappa shape index (κ3) is 5.88. The van der Waals surface area contributed by atoms with E-state index >= 15 is 0 Å². The molecule has 0 N–H and O–H groups in total. The van der Waals surface area contributed by atoms with Gasteiger partial charge in [0.05, 0.1) is 23.1 Å². The number of nitriles is 1. The van der Waals surface area contributed by atoms with Crippen LogP contribution in [-0.2, 0) is 4.79 Å². The number of carbonyl (C=O) groups is 2. The van der Waals surface area contributed by atoms with Crippen LogP contribution in [0.1, 0.15) is 35.2 Å². The molecule has 2 heterocycles. The number of benzene rings is 2. The van der Waals surface area contributed by atoms with Crippen LogP contribution in [0.15, 0.2) is 48.5 Å². The molecule has 7 nitrogen and oxygen atoms in total. The van der Waals surface area contributed by atoms with Gasteiger partial charge in [-0.3, -0.25) is 9.59 Å². The molecule has 2 aliphatic rings. The van der Waals surface area contributed by atoms with Crippen molar-refractivity contribution < 1.29 is 23.1 Å². The Bertz CT molecular complexity index is 1090. The van der Waals surface area contributed by atoms with Crippen molar-refractivity contribution in [3.8, 4) is 11.8 Å². The van der Waals surface area contributed by atoms with Crippen LogP contribution in [-0.4, -0.2) is 67.5 Å². The number of halogens is 2. The van der Waals surface area contributed by atoms with Crippen molar-refractivity contribution in [2.45, 2.75) is 25.9 Å². The van der Waals surface area contributed by atoms with E-state index in [0.717, 1.165) is 18.7 Å². The number of anilines is 1. The fourth-order valence-electron chi connectivity index (χ4n) is 4.78. The molecule has 0 aromatic heterocycles. The number of rotatable bonds is 5. The van der Waals surface area contributed by atoms with Crippen LogP contribution >= 0.6 is 0 Å². The highest BCUT2D eigenvalue weighted by molar-refractivity contribution is 5.97. The van der Waals surface area contributed by atoms with Gasteiger partial charge in [0.1, 0.15) is 5.75 Å². The molecule has 2 fully saturated rings. The summed E-state index contributed by atoms with van der Waals surface area (Å²) >= 11 is 0. The van der Waals surface area contributed by atoms with Crippen molar-refractivity contribution in [2.24, 2.45) is 5.92 Å². The van der Waals surface area contributed by atoms with Gasteiger partial charge in [0.15, 0.2) is 0 Å². The molecule has 1 atom stereocenters. The first kappa shape index (κ1) is 24.5. The van der Waals surface area contributed by atoms with Crippen LogP contribution in [0.5, 0.6) is 5.75 Å². The number of likely N-dealkylation sites (tertiary alicyclic amines) is 1. The molecule has 1 unspecified atom stereocenters. The standard InChI is InChI=1S/C26H28F2N4O3/c27-26(28)35-23-7-2-1-6-22(23)25(34)32-12-3-5-20(18-32)24(33)31-14-4-13-30(15-16-31)21-10-8-19(17-29)9-11-21/h1-2,6-11,20,26H,3-5,12-16,18H2. The first-order chi connectivity index (χ1) is 17.0. The van der Waals surface area contributed by atoms with E-state index in [0.29, 0.717) is 44.6 Å². The molecule has 0 radical (unpaired) electrons. The molecule has 35 heavy (non-hydrogen) atoms. The first-order valence-corrected chi connectivity index (χ1v) is 11.8. The minimum absolute atomic E-state index is 0.0290. The van der Waals surface area contributed by atoms with E-state index in [2.05, 4.69) is 15.7 Å². The van der Waals surface area contributed by atoms with Gasteiger partial charge in [-0.15, -0.1) is 0 Å². The summed E-state index contributed by atoms with van der Waals surface area (Å²) in [6.45, 7) is 0.424. The molecular weight excluding hydrogens is 454 g/mol. The van der Waals surface area contributed by atoms with E-state index in [-0.39, 0.29) is 29.7 Å². The SMILES string of the molecule is N#Cc1ccc(N2CCCN(C(=O)C3CCCN(C(=O)c4ccccc4OC(F)F)C3)CC2)cc1. The second-order valence-corrected chi connectivity index (χ2v) is 8.79. The van der Waals surface area contributed by atoms with E-state index in [1.54, 1.807) is 23.1 Å². The van der Waals surface area contributed by atoms with E-state index < -0.39 is 12.5 Å². The predicted octanol–water partition coefficient (Wildman–Crippen LogP) is 3.75. The maximum atomic E-state index is 13.4. The van der Waals surface area contributed by atoms with Crippen molar-refractivity contribution >= 4 is 17.5 Å². The fourth-order valence-corrected chi connectivity index (χ4v) is 4.78. The lowest BCUT2D eigenvalue weighted by atomic mass is 9.95. The van der Waals surface area contributed by atoms with E-state index in [1.165, 1.54) is 18.2 Å². The summed E-state index contributed by atoms with van der Waals surface area (Å²) < 4.78 is 30.1. The first-order valence-electron chi connectivity index (χ1n) is 11.8. The Kier molecular flexibility index (Phi) is 7.80. The molecule has 0 aliphatic carbocycles. The molecule has 2 saturated heterocycles. The topological polar surface area (TPSA) is 76.9 Å². The normalized spacial score (nSPS) is 18.7. The monoisotopic (exact) mass is 482 g/mol. The van der Waals surface area contributed by atoms with Gasteiger partial charge in [-0.25, -0.2) is 0 Å². The van der Waals surface area contributed by atoms with Gasteiger partial charge < -0.3 is 19.4 Å². The van der Waals surface area contributed by atoms with Gasteiger partial charge in [0.2, 0.25) is 5.91 Å². The van der Waals surface area contributed by atoms with Gasteiger partial charge >= 0.3 is 6.61 Å². The zero-order valence-electron chi connectivity index (χ0n) is 19.4. The Labute approximate surface area is 203 Å². The quantitative estimate of drug-likeness (QED) is 0.649. The van der Waals surface area contributed by atoms with Crippen LogP contribution in [0.4, 0.5) is 14.5 Å². The van der Waals surface area contributed by atoms with Gasteiger partial charge in [0, 0.05) is 45.0 Å². The number of amides is 2. The number of carbonyl (C=O) groups excluding carboxylic acids is 2. The Morgan fingerprint density at radius 1 is 0.943 bits per heavy atom. The lowest BCUT2D eigenvalue weighted by molar-refractivity contribution is -0.136. The molecule has 0 bridgehead atoms. The summed E-state index contributed by atoms with van der Waals surface area (Å²) in [5, 5.41) is 9.00. The maximum Gasteiger partial charge on any atom is 0.387 e. The summed E-state index contributed by atoms with van der Waals surface area (Å²) in [7, 11) is 0. The van der Waals surface area contributed by atoms with Crippen LogP contribution < -0.4 is 9.64 Å². The van der Waals surface area contributed by atoms with Crippen LogP contribution in [0.25, 0.3) is 0 Å². The molecule has 2 aromatic carbocycles. The van der Waals surface area contributed by atoms with Crippen molar-refractivity contribution in [1.82, 2.24) is 9.80 Å². The fraction of sp³-hybridized carbons (Fsp3) is 0.423. The number of nitrogens with zero attached hydrogens (tertiary/aromatic N) is 4. The predicted molar refractivity (Wildman–Crippen MR) is 126 cm³/mol. The second-order valence-electron chi connectivity index (χ2n) is 8.79. The highest BCUT2D eigenvalue weighted by Gasteiger charge is 2.33. The third-order valence-electron chi connectivity index (χ3n) is 6.56. The third-order valence-corrected chi connectivity index (χ3v) is 6.56. The van der Waals surface area contributed by atoms with E-state index in [9.17, 15) is 18.4 Å². The zero-order valence-corrected chi connectivity index (χ0v) is 19.4. The minimum Gasteiger partial charge on any atom is -0.434 e. The van der Waals surface area contributed by atoms with Gasteiger partial charge in [0.25, 0.3) is 5.91 Å². The van der Waals surface area contributed by atoms with E-state index in [1.807, 2.05) is 17.0 Å². The highest BCUT2D eigenvalue weighted by atomic mass is 19.3. The molecule has 2 aliphatic heterocycles. The molecule has 2 amide bonds. The Morgan fingerprint density at radius 3 is 2.43 bits per heavy atom. The smallest absolute Gasteiger partial charge is 0.387 e. The summed E-state index contributed by atoms with van der Waals surface area (Å²) in [5.74, 6) is -0.850. The number of hydrogen-bond donors (Lipinski definition) is 0. The summed E-state index contributed by atoms with van der Waals surface area (Å²) in [4.78, 5) is 32.1. The number of hydrogen-bond acceptors (Lipinski definition) is 5. The Morgan fingerprint density at radius 2 is 1.69 bits per heavy atom. The van der Waals surface area contributed by atoms with Gasteiger partial charge in [-0.1, -0.05) is 12.1 Å². The van der Waals surface area contributed by atoms with Crippen molar-refractivity contribution in [1.29, 1.82) is 5.26 Å². The number of para-hydroxylation sites is 1. The summed E-state index contributed by atoms with van der Waals surface area (Å²) in [5.41, 5.74) is 1.71. The average Bonchev–Trinajstić information content (AvgIpc) is 3.14. The molecule has 184 valence electrons. The highest BCUT2D eigenvalue weighted by Crippen LogP contribution is 2.26. The molecule has 9 heteroatoms. The molecule has 0 spiro atoms. The number of ether oxygens (including phenoxy) is 1. The zero-order chi connectivity index (χ0) is 24.8. The molecular formula is C26H28F2N4O3. The van der Waals surface area contributed by atoms with Crippen molar-refractivity contribution in [3.05, 3.63) is 59.7 Å². The van der Waals surface area contributed by atoms with Crippen LogP contribution in [0.3, 0.4) is 0 Å². The summed E-state index contributed by atoms with van der Waals surface area (Å²) in [6.07, 6.45) is 2.18. The second kappa shape index (κ2) is 11.2. The lowest BCUT2D eigenvalue weighted by Crippen LogP contribution is -2.47. The Balaban J connectivity index is 1.38. The van der Waals surface area contributed by atoms with Gasteiger partial charge in [-0.2, -0.15) is 14.0 Å². The van der Waals surface area contributed by atoms with Crippen LogP contribution in [0.2, 0.25) is 0 Å². The van der Waals surface area contributed by atoms with Crippen molar-refractivity contribution in [2.75, 3.05) is 44.2 Å². The minimum atomic E-state index is -3.02. The molecule has 2 aromatic rings. The number of alkyl halides is 2. The average molecular weight is 483 g/mol. The van der Waals surface area contributed by atoms with Gasteiger partial charge in [-0.05, 0) is 55.7 Å². The lowest BCUT2D eigenvalue weighted by Gasteiger charge is -2.35. The molecule has 4 rings (SSSR count). The number of piperidine rings is 1. The molecule has 0 saturated carbocycles. The van der Waals surface area contributed by atoms with Crippen molar-refractivity contribution in [3.63, 3.8) is 0 Å². The maximum absolute atomic E-state index is 13.4.